The average Bonchev–Trinajstić information content (AvgIpc) is 2.15. The fraction of sp³-hybridized carbons (Fsp3) is 0.571. The molecule has 0 saturated carbocycles. The van der Waals surface area contributed by atoms with E-state index in [-0.39, 0.29) is 71.2 Å². The summed E-state index contributed by atoms with van der Waals surface area (Å²) in [6, 6.07) is 0. The molecule has 0 aliphatic rings. The first-order chi connectivity index (χ1) is 7.84. The molecular weight excluding hydrogens is 394 g/mol. The van der Waals surface area contributed by atoms with E-state index in [1.54, 1.807) is 0 Å². The second-order valence-corrected chi connectivity index (χ2v) is 4.61. The van der Waals surface area contributed by atoms with Gasteiger partial charge in [-0.25, -0.2) is 0 Å². The van der Waals surface area contributed by atoms with Crippen molar-refractivity contribution in [3.63, 3.8) is 0 Å². The van der Waals surface area contributed by atoms with Crippen LogP contribution in [-0.4, -0.2) is 16.9 Å². The maximum absolute atomic E-state index is 11.1. The van der Waals surface area contributed by atoms with Crippen molar-refractivity contribution < 1.29 is 80.1 Å². The fourth-order valence-electron chi connectivity index (χ4n) is 1.45. The van der Waals surface area contributed by atoms with E-state index in [1.807, 2.05) is 13.0 Å². The van der Waals surface area contributed by atoms with Crippen LogP contribution in [0.4, 0.5) is 0 Å². The molecule has 0 amide bonds. The number of Topliss-reactive ketones (excluding diaryl/α,β-unsaturated/α-hetero) is 1. The molecule has 0 aromatic heterocycles. The van der Waals surface area contributed by atoms with Crippen molar-refractivity contribution >= 4 is 11.8 Å². The quantitative estimate of drug-likeness (QED) is 0.512. The molecule has 1 atom stereocenters. The number of carbonyl (C=O) groups is 2. The molecule has 0 aliphatic carbocycles. The zero-order valence-electron chi connectivity index (χ0n) is 12.3. The van der Waals surface area contributed by atoms with Crippen LogP contribution in [0.2, 0.25) is 0 Å². The topological polar surface area (TPSA) is 54.4 Å². The number of rotatable bonds is 7. The zero-order chi connectivity index (χ0) is 13.4. The third kappa shape index (κ3) is 13.6. The van der Waals surface area contributed by atoms with E-state index in [4.69, 9.17) is 5.11 Å². The smallest absolute Gasteiger partial charge is 0.314 e. The van der Waals surface area contributed by atoms with E-state index < -0.39 is 11.9 Å². The molecule has 5 heteroatoms. The van der Waals surface area contributed by atoms with E-state index >= 15 is 0 Å². The van der Waals surface area contributed by atoms with Gasteiger partial charge in [-0.2, -0.15) is 0 Å². The van der Waals surface area contributed by atoms with E-state index in [2.05, 4.69) is 19.9 Å². The van der Waals surface area contributed by atoms with Crippen molar-refractivity contribution in [3.05, 3.63) is 23.3 Å². The molecule has 0 bridgehead atoms. The van der Waals surface area contributed by atoms with Gasteiger partial charge in [-0.15, -0.1) is 0 Å². The van der Waals surface area contributed by atoms with Gasteiger partial charge in [0, 0.05) is 65.4 Å². The Kier molecular flexibility index (Phi) is 18.0. The summed E-state index contributed by atoms with van der Waals surface area (Å²) < 4.78 is 0. The molecular formula is C14H22O3Y2. The van der Waals surface area contributed by atoms with Crippen molar-refractivity contribution in [1.82, 2.24) is 0 Å². The van der Waals surface area contributed by atoms with Gasteiger partial charge in [-0.1, -0.05) is 23.3 Å². The monoisotopic (exact) mass is 416 g/mol. The number of carboxylic acids is 1. The van der Waals surface area contributed by atoms with Crippen LogP contribution in [-0.2, 0) is 75.0 Å². The normalized spacial score (nSPS) is 11.7. The summed E-state index contributed by atoms with van der Waals surface area (Å²) in [5.74, 6) is -2.22. The Morgan fingerprint density at radius 3 is 1.95 bits per heavy atom. The van der Waals surface area contributed by atoms with Gasteiger partial charge in [-0.05, 0) is 47.0 Å². The number of aliphatic carboxylic acids is 1. The number of hydrogen-bond acceptors (Lipinski definition) is 2. The summed E-state index contributed by atoms with van der Waals surface area (Å²) in [5.41, 5.74) is 2.42. The summed E-state index contributed by atoms with van der Waals surface area (Å²) >= 11 is 0. The zero-order valence-corrected chi connectivity index (χ0v) is 17.9. The first-order valence-electron chi connectivity index (χ1n) is 5.86. The average molecular weight is 416 g/mol. The Labute approximate surface area is 166 Å². The molecule has 0 saturated heterocycles. The van der Waals surface area contributed by atoms with Crippen LogP contribution in [0, 0.1) is 5.92 Å². The van der Waals surface area contributed by atoms with Gasteiger partial charge in [0.1, 0.15) is 11.7 Å². The van der Waals surface area contributed by atoms with Crippen molar-refractivity contribution in [3.8, 4) is 0 Å². The summed E-state index contributed by atoms with van der Waals surface area (Å²) in [5, 5.41) is 8.85. The fourth-order valence-corrected chi connectivity index (χ4v) is 1.45. The maximum atomic E-state index is 11.1. The number of carboxylic acid groups (broad SMARTS) is 1. The minimum absolute atomic E-state index is 0. The molecule has 0 spiro atoms. The van der Waals surface area contributed by atoms with E-state index in [9.17, 15) is 9.59 Å². The summed E-state index contributed by atoms with van der Waals surface area (Å²) in [4.78, 5) is 21.9. The van der Waals surface area contributed by atoms with Crippen LogP contribution in [0.3, 0.4) is 0 Å². The predicted molar refractivity (Wildman–Crippen MR) is 68.8 cm³/mol. The molecule has 0 aromatic carbocycles. The van der Waals surface area contributed by atoms with Gasteiger partial charge >= 0.3 is 5.97 Å². The summed E-state index contributed by atoms with van der Waals surface area (Å²) in [6.07, 6.45) is 6.18. The van der Waals surface area contributed by atoms with Crippen molar-refractivity contribution in [1.29, 1.82) is 0 Å². The van der Waals surface area contributed by atoms with Crippen LogP contribution in [0.1, 0.15) is 47.0 Å². The van der Waals surface area contributed by atoms with E-state index in [0.29, 0.717) is 6.42 Å². The number of ketones is 1. The Balaban J connectivity index is -0.00000128. The minimum atomic E-state index is -1.04. The number of carbonyl (C=O) groups excluding carboxylic acids is 1. The second-order valence-electron chi connectivity index (χ2n) is 4.61. The van der Waals surface area contributed by atoms with Crippen LogP contribution < -0.4 is 0 Å². The first kappa shape index (κ1) is 24.8. The largest absolute Gasteiger partial charge is 0.481 e. The maximum Gasteiger partial charge on any atom is 0.314 e. The van der Waals surface area contributed by atoms with Gasteiger partial charge in [0.2, 0.25) is 0 Å². The van der Waals surface area contributed by atoms with Crippen LogP contribution in [0.25, 0.3) is 0 Å². The molecule has 102 valence electrons. The van der Waals surface area contributed by atoms with Crippen molar-refractivity contribution in [2.75, 3.05) is 0 Å². The van der Waals surface area contributed by atoms with Crippen LogP contribution >= 0.6 is 0 Å². The number of hydrogen-bond donors (Lipinski definition) is 1. The van der Waals surface area contributed by atoms with Crippen LogP contribution in [0.15, 0.2) is 23.3 Å². The van der Waals surface area contributed by atoms with Gasteiger partial charge in [0.25, 0.3) is 0 Å². The molecule has 0 aliphatic heterocycles. The molecule has 19 heavy (non-hydrogen) atoms. The Morgan fingerprint density at radius 2 is 1.58 bits per heavy atom. The molecule has 0 heterocycles. The Morgan fingerprint density at radius 1 is 1.05 bits per heavy atom. The van der Waals surface area contributed by atoms with Gasteiger partial charge in [-0.3, -0.25) is 9.59 Å². The Hall–Kier alpha value is 0.828. The summed E-state index contributed by atoms with van der Waals surface area (Å²) in [6.45, 7) is 7.40. The molecule has 0 aromatic rings. The second kappa shape index (κ2) is 13.8. The van der Waals surface area contributed by atoms with Gasteiger partial charge < -0.3 is 5.11 Å². The minimum Gasteiger partial charge on any atom is -0.481 e. The third-order valence-electron chi connectivity index (χ3n) is 2.58. The van der Waals surface area contributed by atoms with Crippen molar-refractivity contribution in [2.24, 2.45) is 5.92 Å². The number of allylic oxidation sites excluding steroid dienone is 4. The predicted octanol–water partition coefficient (Wildman–Crippen LogP) is 3.35. The molecule has 1 N–H and O–H groups in total. The molecule has 3 nitrogen and oxygen atoms in total. The molecule has 0 rings (SSSR count). The molecule has 0 fully saturated rings. The third-order valence-corrected chi connectivity index (χ3v) is 2.58. The van der Waals surface area contributed by atoms with Gasteiger partial charge in [0.15, 0.2) is 0 Å². The van der Waals surface area contributed by atoms with Crippen molar-refractivity contribution in [2.45, 2.75) is 47.0 Å². The molecule has 1 unspecified atom stereocenters. The molecule has 2 radical (unpaired) electrons. The first-order valence-corrected chi connectivity index (χ1v) is 5.86. The van der Waals surface area contributed by atoms with E-state index in [0.717, 1.165) is 18.4 Å². The van der Waals surface area contributed by atoms with Crippen LogP contribution in [0.5, 0.6) is 0 Å². The summed E-state index contributed by atoms with van der Waals surface area (Å²) in [7, 11) is 0. The van der Waals surface area contributed by atoms with E-state index in [1.165, 1.54) is 12.5 Å². The standard InChI is InChI=1S/C14H22O3.2Y/c1-10(2)6-5-7-11(3)8-9-13(12(4)15)14(16)17;;/h6,8,13H,5,7,9H2,1-4H3,(H,16,17);;/b11-8+;;. The SMILES string of the molecule is CC(=O)C(C/C=C(\C)CCC=C(C)C)C(=O)O.[Y].[Y]. The Bertz CT molecular complexity index is 329. The van der Waals surface area contributed by atoms with Gasteiger partial charge in [0.05, 0.1) is 0 Å².